The summed E-state index contributed by atoms with van der Waals surface area (Å²) >= 11 is 0. The Balaban J connectivity index is 2.83. The van der Waals surface area contributed by atoms with Crippen molar-refractivity contribution in [1.29, 1.82) is 0 Å². The van der Waals surface area contributed by atoms with Crippen molar-refractivity contribution in [2.24, 2.45) is 0 Å². The minimum atomic E-state index is -3.03. The van der Waals surface area contributed by atoms with Gasteiger partial charge in [0, 0.05) is 0 Å². The second-order valence-electron chi connectivity index (χ2n) is 2.75. The highest BCUT2D eigenvalue weighted by Gasteiger charge is 2.10. The zero-order valence-corrected chi connectivity index (χ0v) is 7.48. The van der Waals surface area contributed by atoms with Crippen molar-refractivity contribution >= 4 is 5.97 Å². The molecule has 4 nitrogen and oxygen atoms in total. The predicted molar refractivity (Wildman–Crippen MR) is 46.1 cm³/mol. The molecule has 0 aliphatic rings. The summed E-state index contributed by atoms with van der Waals surface area (Å²) in [5.74, 6) is -1.95. The van der Waals surface area contributed by atoms with Crippen LogP contribution in [0.1, 0.15) is 5.56 Å². The quantitative estimate of drug-likeness (QED) is 0.805. The van der Waals surface area contributed by atoms with Gasteiger partial charge in [0.25, 0.3) is 0 Å². The molecular formula is C9H8F2O4. The molecule has 0 unspecified atom stereocenters. The largest absolute Gasteiger partial charge is 0.504 e. The lowest BCUT2D eigenvalue weighted by Gasteiger charge is -2.07. The summed E-state index contributed by atoms with van der Waals surface area (Å²) < 4.78 is 27.5. The first kappa shape index (κ1) is 11.2. The SMILES string of the molecule is O=C(O)Cc1ccc(OC(F)F)c(O)c1. The van der Waals surface area contributed by atoms with Crippen LogP contribution in [0.4, 0.5) is 8.78 Å². The topological polar surface area (TPSA) is 66.8 Å². The number of alkyl halides is 2. The molecule has 82 valence electrons. The summed E-state index contributed by atoms with van der Waals surface area (Å²) in [5, 5.41) is 17.6. The summed E-state index contributed by atoms with van der Waals surface area (Å²) in [4.78, 5) is 10.3. The minimum Gasteiger partial charge on any atom is -0.504 e. The Morgan fingerprint density at radius 1 is 1.47 bits per heavy atom. The van der Waals surface area contributed by atoms with Crippen molar-refractivity contribution in [3.63, 3.8) is 0 Å². The Kier molecular flexibility index (Phi) is 3.43. The smallest absolute Gasteiger partial charge is 0.387 e. The van der Waals surface area contributed by atoms with E-state index in [1.807, 2.05) is 0 Å². The number of benzene rings is 1. The fourth-order valence-corrected chi connectivity index (χ4v) is 1.04. The Labute approximate surface area is 83.7 Å². The summed E-state index contributed by atoms with van der Waals surface area (Å²) in [6, 6.07) is 3.47. The van der Waals surface area contributed by atoms with Crippen LogP contribution in [0.15, 0.2) is 18.2 Å². The molecule has 0 aliphatic heterocycles. The van der Waals surface area contributed by atoms with Crippen molar-refractivity contribution in [3.05, 3.63) is 23.8 Å². The summed E-state index contributed by atoms with van der Waals surface area (Å²) in [7, 11) is 0. The lowest BCUT2D eigenvalue weighted by atomic mass is 10.1. The molecule has 0 aliphatic carbocycles. The number of hydrogen-bond donors (Lipinski definition) is 2. The van der Waals surface area contributed by atoms with Gasteiger partial charge in [-0.1, -0.05) is 6.07 Å². The highest BCUT2D eigenvalue weighted by molar-refractivity contribution is 5.70. The molecule has 15 heavy (non-hydrogen) atoms. The van der Waals surface area contributed by atoms with Crippen LogP contribution in [0.5, 0.6) is 11.5 Å². The average molecular weight is 218 g/mol. The molecule has 0 saturated carbocycles. The first-order valence-corrected chi connectivity index (χ1v) is 3.97. The molecule has 0 atom stereocenters. The number of ether oxygens (including phenoxy) is 1. The fraction of sp³-hybridized carbons (Fsp3) is 0.222. The molecule has 0 fully saturated rings. The van der Waals surface area contributed by atoms with Crippen LogP contribution < -0.4 is 4.74 Å². The van der Waals surface area contributed by atoms with Crippen LogP contribution in [-0.2, 0) is 11.2 Å². The van der Waals surface area contributed by atoms with Crippen LogP contribution in [-0.4, -0.2) is 22.8 Å². The number of carboxylic acids is 1. The van der Waals surface area contributed by atoms with Gasteiger partial charge in [-0.25, -0.2) is 0 Å². The molecule has 0 heterocycles. The zero-order valence-electron chi connectivity index (χ0n) is 7.48. The van der Waals surface area contributed by atoms with Gasteiger partial charge < -0.3 is 14.9 Å². The third-order valence-corrected chi connectivity index (χ3v) is 1.59. The predicted octanol–water partition coefficient (Wildman–Crippen LogP) is 1.62. The number of carboxylic acid groups (broad SMARTS) is 1. The second-order valence-corrected chi connectivity index (χ2v) is 2.75. The van der Waals surface area contributed by atoms with Gasteiger partial charge in [-0.2, -0.15) is 8.78 Å². The lowest BCUT2D eigenvalue weighted by Crippen LogP contribution is -2.03. The number of phenolic OH excluding ortho intramolecular Hbond substituents is 1. The molecule has 6 heteroatoms. The highest BCUT2D eigenvalue weighted by Crippen LogP contribution is 2.28. The minimum absolute atomic E-state index is 0.289. The molecule has 0 radical (unpaired) electrons. The van der Waals surface area contributed by atoms with Gasteiger partial charge in [-0.05, 0) is 17.7 Å². The van der Waals surface area contributed by atoms with Gasteiger partial charge in [0.05, 0.1) is 6.42 Å². The van der Waals surface area contributed by atoms with Crippen LogP contribution >= 0.6 is 0 Å². The van der Waals surface area contributed by atoms with E-state index in [4.69, 9.17) is 5.11 Å². The van der Waals surface area contributed by atoms with Crippen molar-refractivity contribution in [2.45, 2.75) is 13.0 Å². The van der Waals surface area contributed by atoms with E-state index in [0.29, 0.717) is 5.56 Å². The van der Waals surface area contributed by atoms with Crippen LogP contribution in [0.3, 0.4) is 0 Å². The van der Waals surface area contributed by atoms with Gasteiger partial charge in [-0.15, -0.1) is 0 Å². The van der Waals surface area contributed by atoms with Crippen LogP contribution in [0.25, 0.3) is 0 Å². The third-order valence-electron chi connectivity index (χ3n) is 1.59. The molecule has 0 spiro atoms. The normalized spacial score (nSPS) is 10.3. The van der Waals surface area contributed by atoms with Gasteiger partial charge >= 0.3 is 12.6 Å². The standard InChI is InChI=1S/C9H8F2O4/c10-9(11)15-7-2-1-5(3-6(7)12)4-8(13)14/h1-3,9,12H,4H2,(H,13,14). The van der Waals surface area contributed by atoms with Gasteiger partial charge in [-0.3, -0.25) is 4.79 Å². The lowest BCUT2D eigenvalue weighted by molar-refractivity contribution is -0.136. The Morgan fingerprint density at radius 3 is 2.60 bits per heavy atom. The van der Waals surface area contributed by atoms with Crippen molar-refractivity contribution in [1.82, 2.24) is 0 Å². The van der Waals surface area contributed by atoms with E-state index in [0.717, 1.165) is 12.1 Å². The fourth-order valence-electron chi connectivity index (χ4n) is 1.04. The molecule has 0 aromatic heterocycles. The van der Waals surface area contributed by atoms with Crippen LogP contribution in [0, 0.1) is 0 Å². The van der Waals surface area contributed by atoms with E-state index in [9.17, 15) is 18.7 Å². The highest BCUT2D eigenvalue weighted by atomic mass is 19.3. The number of aliphatic carboxylic acids is 1. The monoisotopic (exact) mass is 218 g/mol. The van der Waals surface area contributed by atoms with E-state index in [1.165, 1.54) is 6.07 Å². The Hall–Kier alpha value is -1.85. The summed E-state index contributed by atoms with van der Waals surface area (Å²) in [6.45, 7) is -3.03. The summed E-state index contributed by atoms with van der Waals surface area (Å²) in [6.07, 6.45) is -0.289. The molecule has 1 rings (SSSR count). The van der Waals surface area contributed by atoms with Crippen molar-refractivity contribution < 1.29 is 28.5 Å². The first-order valence-electron chi connectivity index (χ1n) is 3.97. The number of hydrogen-bond acceptors (Lipinski definition) is 3. The molecule has 0 amide bonds. The molecule has 1 aromatic rings. The van der Waals surface area contributed by atoms with E-state index < -0.39 is 18.3 Å². The van der Waals surface area contributed by atoms with Gasteiger partial charge in [0.1, 0.15) is 0 Å². The van der Waals surface area contributed by atoms with E-state index in [1.54, 1.807) is 0 Å². The molecule has 0 bridgehead atoms. The third kappa shape index (κ3) is 3.41. The van der Waals surface area contributed by atoms with Gasteiger partial charge in [0.2, 0.25) is 0 Å². The zero-order chi connectivity index (χ0) is 11.4. The van der Waals surface area contributed by atoms with E-state index in [-0.39, 0.29) is 12.2 Å². The Bertz CT molecular complexity index is 365. The maximum absolute atomic E-state index is 11.8. The number of aromatic hydroxyl groups is 1. The molecule has 2 N–H and O–H groups in total. The number of rotatable bonds is 4. The maximum Gasteiger partial charge on any atom is 0.387 e. The van der Waals surface area contributed by atoms with Crippen molar-refractivity contribution in [2.75, 3.05) is 0 Å². The van der Waals surface area contributed by atoms with Crippen LogP contribution in [0.2, 0.25) is 0 Å². The molecule has 0 saturated heterocycles. The molecular weight excluding hydrogens is 210 g/mol. The Morgan fingerprint density at radius 2 is 2.13 bits per heavy atom. The maximum atomic E-state index is 11.8. The second kappa shape index (κ2) is 4.59. The number of carbonyl (C=O) groups is 1. The first-order chi connectivity index (χ1) is 6.99. The number of phenols is 1. The summed E-state index contributed by atoms with van der Waals surface area (Å²) in [5.41, 5.74) is 0.307. The van der Waals surface area contributed by atoms with E-state index >= 15 is 0 Å². The van der Waals surface area contributed by atoms with E-state index in [2.05, 4.69) is 4.74 Å². The van der Waals surface area contributed by atoms with Crippen molar-refractivity contribution in [3.8, 4) is 11.5 Å². The van der Waals surface area contributed by atoms with Gasteiger partial charge in [0.15, 0.2) is 11.5 Å². The average Bonchev–Trinajstić information content (AvgIpc) is 2.08. The number of halogens is 2. The molecule has 1 aromatic carbocycles.